The minimum atomic E-state index is -0.403. The molecule has 0 spiro atoms. The third-order valence-electron chi connectivity index (χ3n) is 3.95. The van der Waals surface area contributed by atoms with Crippen molar-refractivity contribution in [3.63, 3.8) is 0 Å². The molecule has 22 heavy (non-hydrogen) atoms. The molecular formula is C16H19FN4O. The van der Waals surface area contributed by atoms with Crippen molar-refractivity contribution in [1.82, 2.24) is 15.0 Å². The SMILES string of the molecule is Cc1cnccc1OCC1CCN(c2ncc(F)cn2)CC1. The number of anilines is 1. The number of hydrogen-bond acceptors (Lipinski definition) is 5. The van der Waals surface area contributed by atoms with E-state index in [0.717, 1.165) is 37.2 Å². The second-order valence-corrected chi connectivity index (χ2v) is 5.58. The number of nitrogens with zero attached hydrogens (tertiary/aromatic N) is 4. The Kier molecular flexibility index (Phi) is 4.46. The summed E-state index contributed by atoms with van der Waals surface area (Å²) in [5.41, 5.74) is 1.06. The minimum absolute atomic E-state index is 0.403. The van der Waals surface area contributed by atoms with Crippen LogP contribution in [-0.4, -0.2) is 34.6 Å². The molecule has 0 bridgehead atoms. The molecule has 1 aliphatic heterocycles. The Morgan fingerprint density at radius 3 is 2.64 bits per heavy atom. The average Bonchev–Trinajstić information content (AvgIpc) is 2.55. The molecule has 0 radical (unpaired) electrons. The van der Waals surface area contributed by atoms with Crippen LogP contribution in [0.4, 0.5) is 10.3 Å². The van der Waals surface area contributed by atoms with Crippen molar-refractivity contribution >= 4 is 5.95 Å². The Hall–Kier alpha value is -2.24. The van der Waals surface area contributed by atoms with Crippen LogP contribution in [0, 0.1) is 18.7 Å². The molecule has 3 rings (SSSR count). The van der Waals surface area contributed by atoms with Crippen molar-refractivity contribution in [2.24, 2.45) is 5.92 Å². The van der Waals surface area contributed by atoms with E-state index < -0.39 is 5.82 Å². The lowest BCUT2D eigenvalue weighted by atomic mass is 9.98. The quantitative estimate of drug-likeness (QED) is 0.869. The Morgan fingerprint density at radius 1 is 1.23 bits per heavy atom. The Balaban J connectivity index is 1.49. The van der Waals surface area contributed by atoms with Crippen LogP contribution in [0.2, 0.25) is 0 Å². The largest absolute Gasteiger partial charge is 0.493 e. The Morgan fingerprint density at radius 2 is 1.95 bits per heavy atom. The molecule has 2 aromatic rings. The predicted octanol–water partition coefficient (Wildman–Crippen LogP) is 2.61. The molecule has 0 unspecified atom stereocenters. The molecule has 0 aromatic carbocycles. The van der Waals surface area contributed by atoms with Crippen molar-refractivity contribution in [1.29, 1.82) is 0 Å². The summed E-state index contributed by atoms with van der Waals surface area (Å²) in [6, 6.07) is 1.90. The zero-order valence-corrected chi connectivity index (χ0v) is 12.6. The number of hydrogen-bond donors (Lipinski definition) is 0. The Bertz CT molecular complexity index is 612. The highest BCUT2D eigenvalue weighted by Crippen LogP contribution is 2.22. The van der Waals surface area contributed by atoms with E-state index in [1.54, 1.807) is 6.20 Å². The Labute approximate surface area is 129 Å². The molecule has 6 heteroatoms. The van der Waals surface area contributed by atoms with Crippen molar-refractivity contribution in [3.05, 3.63) is 42.2 Å². The standard InChI is InChI=1S/C16H19FN4O/c1-12-8-18-5-2-15(12)22-11-13-3-6-21(7-4-13)16-19-9-14(17)10-20-16/h2,5,8-10,13H,3-4,6-7,11H2,1H3. The fraction of sp³-hybridized carbons (Fsp3) is 0.438. The number of rotatable bonds is 4. The first kappa shape index (κ1) is 14.7. The summed E-state index contributed by atoms with van der Waals surface area (Å²) in [7, 11) is 0. The van der Waals surface area contributed by atoms with Gasteiger partial charge in [0.2, 0.25) is 5.95 Å². The zero-order chi connectivity index (χ0) is 15.4. The van der Waals surface area contributed by atoms with Crippen LogP contribution < -0.4 is 9.64 Å². The van der Waals surface area contributed by atoms with Crippen LogP contribution in [0.3, 0.4) is 0 Å². The molecule has 5 nitrogen and oxygen atoms in total. The van der Waals surface area contributed by atoms with E-state index in [-0.39, 0.29) is 0 Å². The summed E-state index contributed by atoms with van der Waals surface area (Å²) in [5.74, 6) is 1.62. The number of halogens is 1. The highest BCUT2D eigenvalue weighted by molar-refractivity contribution is 5.30. The van der Waals surface area contributed by atoms with E-state index in [4.69, 9.17) is 4.74 Å². The molecule has 0 N–H and O–H groups in total. The normalized spacial score (nSPS) is 15.8. The first-order valence-electron chi connectivity index (χ1n) is 7.48. The van der Waals surface area contributed by atoms with Gasteiger partial charge in [-0.2, -0.15) is 0 Å². The van der Waals surface area contributed by atoms with Gasteiger partial charge in [-0.3, -0.25) is 4.98 Å². The van der Waals surface area contributed by atoms with Gasteiger partial charge in [-0.25, -0.2) is 14.4 Å². The maximum Gasteiger partial charge on any atom is 0.225 e. The molecule has 116 valence electrons. The summed E-state index contributed by atoms with van der Waals surface area (Å²) >= 11 is 0. The summed E-state index contributed by atoms with van der Waals surface area (Å²) < 4.78 is 18.7. The zero-order valence-electron chi connectivity index (χ0n) is 12.6. The number of piperidine rings is 1. The average molecular weight is 302 g/mol. The van der Waals surface area contributed by atoms with Crippen LogP contribution >= 0.6 is 0 Å². The van der Waals surface area contributed by atoms with Gasteiger partial charge >= 0.3 is 0 Å². The van der Waals surface area contributed by atoms with Gasteiger partial charge in [0.15, 0.2) is 5.82 Å². The molecule has 1 saturated heterocycles. The fourth-order valence-corrected chi connectivity index (χ4v) is 2.60. The summed E-state index contributed by atoms with van der Waals surface area (Å²) in [6.07, 6.45) is 8.02. The summed E-state index contributed by atoms with van der Waals surface area (Å²) in [4.78, 5) is 14.2. The first-order chi connectivity index (χ1) is 10.7. The molecule has 2 aromatic heterocycles. The van der Waals surface area contributed by atoms with Crippen LogP contribution in [0.25, 0.3) is 0 Å². The molecule has 0 amide bonds. The highest BCUT2D eigenvalue weighted by atomic mass is 19.1. The summed E-state index contributed by atoms with van der Waals surface area (Å²) in [5, 5.41) is 0. The predicted molar refractivity (Wildman–Crippen MR) is 81.4 cm³/mol. The van der Waals surface area contributed by atoms with Gasteiger partial charge in [0, 0.05) is 31.0 Å². The molecule has 0 aliphatic carbocycles. The molecule has 0 atom stereocenters. The lowest BCUT2D eigenvalue weighted by Crippen LogP contribution is -2.36. The number of pyridine rings is 1. The smallest absolute Gasteiger partial charge is 0.225 e. The molecule has 3 heterocycles. The van der Waals surface area contributed by atoms with Gasteiger partial charge in [0.1, 0.15) is 5.75 Å². The van der Waals surface area contributed by atoms with Crippen molar-refractivity contribution < 1.29 is 9.13 Å². The monoisotopic (exact) mass is 302 g/mol. The van der Waals surface area contributed by atoms with Crippen LogP contribution in [0.15, 0.2) is 30.9 Å². The maximum atomic E-state index is 12.8. The number of aryl methyl sites for hydroxylation is 1. The van der Waals surface area contributed by atoms with Crippen LogP contribution in [0.1, 0.15) is 18.4 Å². The lowest BCUT2D eigenvalue weighted by molar-refractivity contribution is 0.221. The fourth-order valence-electron chi connectivity index (χ4n) is 2.60. The van der Waals surface area contributed by atoms with E-state index in [0.29, 0.717) is 18.5 Å². The second kappa shape index (κ2) is 6.68. The van der Waals surface area contributed by atoms with E-state index >= 15 is 0 Å². The van der Waals surface area contributed by atoms with E-state index in [2.05, 4.69) is 19.9 Å². The molecule has 1 fully saturated rings. The lowest BCUT2D eigenvalue weighted by Gasteiger charge is -2.31. The van der Waals surface area contributed by atoms with Crippen molar-refractivity contribution in [2.75, 3.05) is 24.6 Å². The highest BCUT2D eigenvalue weighted by Gasteiger charge is 2.21. The van der Waals surface area contributed by atoms with Gasteiger partial charge in [-0.1, -0.05) is 0 Å². The van der Waals surface area contributed by atoms with E-state index in [1.807, 2.05) is 19.2 Å². The van der Waals surface area contributed by atoms with Crippen molar-refractivity contribution in [3.8, 4) is 5.75 Å². The molecule has 0 saturated carbocycles. The van der Waals surface area contributed by atoms with E-state index in [1.165, 1.54) is 12.4 Å². The number of ether oxygens (including phenoxy) is 1. The molecule has 1 aliphatic rings. The van der Waals surface area contributed by atoms with E-state index in [9.17, 15) is 4.39 Å². The topological polar surface area (TPSA) is 51.1 Å². The number of aromatic nitrogens is 3. The van der Waals surface area contributed by atoms with Crippen LogP contribution in [0.5, 0.6) is 5.75 Å². The summed E-state index contributed by atoms with van der Waals surface area (Å²) in [6.45, 7) is 4.45. The van der Waals surface area contributed by atoms with Gasteiger partial charge in [-0.05, 0) is 31.7 Å². The second-order valence-electron chi connectivity index (χ2n) is 5.58. The van der Waals surface area contributed by atoms with Gasteiger partial charge < -0.3 is 9.64 Å². The van der Waals surface area contributed by atoms with Gasteiger partial charge in [0.05, 0.1) is 19.0 Å². The van der Waals surface area contributed by atoms with Gasteiger partial charge in [0.25, 0.3) is 0 Å². The third-order valence-corrected chi connectivity index (χ3v) is 3.95. The minimum Gasteiger partial charge on any atom is -0.493 e. The van der Waals surface area contributed by atoms with Crippen molar-refractivity contribution in [2.45, 2.75) is 19.8 Å². The first-order valence-corrected chi connectivity index (χ1v) is 7.48. The van der Waals surface area contributed by atoms with Crippen LogP contribution in [-0.2, 0) is 0 Å². The maximum absolute atomic E-state index is 12.8. The molecular weight excluding hydrogens is 283 g/mol. The third kappa shape index (κ3) is 3.50. The van der Waals surface area contributed by atoms with Gasteiger partial charge in [-0.15, -0.1) is 0 Å².